The van der Waals surface area contributed by atoms with E-state index in [2.05, 4.69) is 10.1 Å². The highest BCUT2D eigenvalue weighted by atomic mass is 32.2. The summed E-state index contributed by atoms with van der Waals surface area (Å²) >= 11 is 1.10. The summed E-state index contributed by atoms with van der Waals surface area (Å²) in [5.41, 5.74) is 5.77. The average molecular weight is 286 g/mol. The first-order valence-electron chi connectivity index (χ1n) is 5.46. The Morgan fingerprint density at radius 1 is 1.53 bits per heavy atom. The first-order valence-corrected chi connectivity index (χ1v) is 6.45. The molecule has 0 aliphatic rings. The van der Waals surface area contributed by atoms with Gasteiger partial charge in [-0.2, -0.15) is 0 Å². The predicted molar refractivity (Wildman–Crippen MR) is 71.2 cm³/mol. The van der Waals surface area contributed by atoms with Gasteiger partial charge in [0.2, 0.25) is 5.91 Å². The minimum atomic E-state index is -0.815. The van der Waals surface area contributed by atoms with Gasteiger partial charge in [0.05, 0.1) is 7.11 Å². The smallest absolute Gasteiger partial charge is 0.329 e. The number of hydrogen-bond acceptors (Lipinski definition) is 5. The number of hydrogen-bond donors (Lipinski definition) is 2. The summed E-state index contributed by atoms with van der Waals surface area (Å²) in [4.78, 5) is 22.8. The lowest BCUT2D eigenvalue weighted by Gasteiger charge is -2.15. The van der Waals surface area contributed by atoms with Crippen molar-refractivity contribution in [1.29, 1.82) is 0 Å². The molecule has 1 aromatic carbocycles. The Bertz CT molecular complexity index is 482. The van der Waals surface area contributed by atoms with E-state index in [4.69, 9.17) is 5.73 Å². The zero-order valence-electron chi connectivity index (χ0n) is 10.6. The van der Waals surface area contributed by atoms with Gasteiger partial charge in [-0.25, -0.2) is 9.18 Å². The van der Waals surface area contributed by atoms with Crippen LogP contribution in [0.25, 0.3) is 0 Å². The molecule has 3 N–H and O–H groups in total. The first kappa shape index (κ1) is 15.3. The van der Waals surface area contributed by atoms with Crippen LogP contribution in [-0.2, 0) is 14.3 Å². The van der Waals surface area contributed by atoms with Crippen LogP contribution in [0.3, 0.4) is 0 Å². The summed E-state index contributed by atoms with van der Waals surface area (Å²) in [6.45, 7) is 1.30. The van der Waals surface area contributed by atoms with Crippen LogP contribution in [0.4, 0.5) is 10.1 Å². The number of anilines is 1. The van der Waals surface area contributed by atoms with Gasteiger partial charge < -0.3 is 15.8 Å². The van der Waals surface area contributed by atoms with Crippen molar-refractivity contribution in [3.05, 3.63) is 24.0 Å². The zero-order chi connectivity index (χ0) is 14.4. The number of benzene rings is 1. The third kappa shape index (κ3) is 4.78. The maximum atomic E-state index is 13.5. The Morgan fingerprint density at radius 3 is 2.74 bits per heavy atom. The zero-order valence-corrected chi connectivity index (χ0v) is 11.4. The molecule has 0 aliphatic heterocycles. The molecular weight excluding hydrogens is 271 g/mol. The fourth-order valence-corrected chi connectivity index (χ4v) is 2.29. The van der Waals surface area contributed by atoms with Crippen LogP contribution in [0, 0.1) is 5.82 Å². The highest BCUT2D eigenvalue weighted by Crippen LogP contribution is 2.24. The van der Waals surface area contributed by atoms with Gasteiger partial charge in [0.1, 0.15) is 11.9 Å². The number of carbonyl (C=O) groups is 2. The normalized spacial score (nSPS) is 11.7. The molecule has 0 saturated heterocycles. The summed E-state index contributed by atoms with van der Waals surface area (Å²) in [7, 11) is 1.23. The number of rotatable bonds is 5. The lowest BCUT2D eigenvalue weighted by atomic mass is 10.3. The van der Waals surface area contributed by atoms with Crippen LogP contribution in [0.2, 0.25) is 0 Å². The first-order chi connectivity index (χ1) is 8.93. The molecular formula is C12H15FN2O3S. The Morgan fingerprint density at radius 2 is 2.21 bits per heavy atom. The van der Waals surface area contributed by atoms with Crippen molar-refractivity contribution in [3.63, 3.8) is 0 Å². The molecule has 0 aliphatic carbocycles. The number of ether oxygens (including phenoxy) is 1. The number of nitrogens with one attached hydrogen (secondary N) is 1. The van der Waals surface area contributed by atoms with Crippen LogP contribution < -0.4 is 11.1 Å². The molecule has 0 spiro atoms. The van der Waals surface area contributed by atoms with Crippen molar-refractivity contribution >= 4 is 29.3 Å². The van der Waals surface area contributed by atoms with Crippen LogP contribution in [0.5, 0.6) is 0 Å². The summed E-state index contributed by atoms with van der Waals surface area (Å²) in [6, 6.07) is 3.48. The number of nitrogens with two attached hydrogens (primary N) is 1. The van der Waals surface area contributed by atoms with E-state index < -0.39 is 17.8 Å². The summed E-state index contributed by atoms with van der Waals surface area (Å²) in [5.74, 6) is -1.21. The van der Waals surface area contributed by atoms with Crippen molar-refractivity contribution < 1.29 is 18.7 Å². The predicted octanol–water partition coefficient (Wildman–Crippen LogP) is 1.18. The lowest BCUT2D eigenvalue weighted by molar-refractivity contribution is -0.144. The fourth-order valence-electron chi connectivity index (χ4n) is 1.36. The highest BCUT2D eigenvalue weighted by molar-refractivity contribution is 7.99. The molecule has 0 aromatic heterocycles. The molecule has 1 aromatic rings. The van der Waals surface area contributed by atoms with Gasteiger partial charge in [0, 0.05) is 23.3 Å². The van der Waals surface area contributed by atoms with E-state index >= 15 is 0 Å². The minimum absolute atomic E-state index is 0.174. The number of thioether (sulfide) groups is 1. The van der Waals surface area contributed by atoms with Crippen LogP contribution in [0.1, 0.15) is 6.92 Å². The topological polar surface area (TPSA) is 81.4 Å². The molecule has 0 radical (unpaired) electrons. The molecule has 1 atom stereocenters. The molecule has 1 amide bonds. The fraction of sp³-hybridized carbons (Fsp3) is 0.333. The number of carbonyl (C=O) groups excluding carboxylic acids is 2. The van der Waals surface area contributed by atoms with Crippen molar-refractivity contribution in [2.45, 2.75) is 17.9 Å². The Kier molecular flexibility index (Phi) is 5.62. The van der Waals surface area contributed by atoms with Gasteiger partial charge in [-0.1, -0.05) is 0 Å². The largest absolute Gasteiger partial charge is 0.467 e. The second-order valence-electron chi connectivity index (χ2n) is 3.78. The monoisotopic (exact) mass is 286 g/mol. The minimum Gasteiger partial charge on any atom is -0.467 e. The van der Waals surface area contributed by atoms with Crippen molar-refractivity contribution in [2.24, 2.45) is 0 Å². The van der Waals surface area contributed by atoms with Crippen LogP contribution in [0.15, 0.2) is 23.1 Å². The van der Waals surface area contributed by atoms with Gasteiger partial charge in [-0.15, -0.1) is 11.8 Å². The van der Waals surface area contributed by atoms with E-state index in [9.17, 15) is 14.0 Å². The van der Waals surface area contributed by atoms with Gasteiger partial charge in [0.25, 0.3) is 0 Å². The molecule has 0 heterocycles. The molecule has 1 unspecified atom stereocenters. The molecule has 7 heteroatoms. The Hall–Kier alpha value is -1.76. The summed E-state index contributed by atoms with van der Waals surface area (Å²) in [6.07, 6.45) is 0. The Labute approximate surface area is 114 Å². The number of halogens is 1. The highest BCUT2D eigenvalue weighted by Gasteiger charge is 2.20. The maximum Gasteiger partial charge on any atom is 0.329 e. The third-order valence-electron chi connectivity index (χ3n) is 2.22. The maximum absolute atomic E-state index is 13.5. The molecule has 5 nitrogen and oxygen atoms in total. The van der Waals surface area contributed by atoms with Crippen molar-refractivity contribution in [1.82, 2.24) is 5.32 Å². The summed E-state index contributed by atoms with van der Waals surface area (Å²) < 4.78 is 18.1. The molecule has 0 fully saturated rings. The van der Waals surface area contributed by atoms with E-state index in [1.807, 2.05) is 0 Å². The molecule has 104 valence electrons. The number of amides is 1. The standard InChI is InChI=1S/C12H15FN2O3S/c1-7(16)15-10(12(17)18-2)6-19-11-4-3-8(14)5-9(11)13/h3-5,10H,6,14H2,1-2H3,(H,15,16). The van der Waals surface area contributed by atoms with Crippen LogP contribution >= 0.6 is 11.8 Å². The third-order valence-corrected chi connectivity index (χ3v) is 3.37. The van der Waals surface area contributed by atoms with Gasteiger partial charge in [-0.3, -0.25) is 4.79 Å². The van der Waals surface area contributed by atoms with E-state index in [-0.39, 0.29) is 11.7 Å². The van der Waals surface area contributed by atoms with E-state index in [1.54, 1.807) is 6.07 Å². The van der Waals surface area contributed by atoms with Crippen molar-refractivity contribution in [2.75, 3.05) is 18.6 Å². The SMILES string of the molecule is COC(=O)C(CSc1ccc(N)cc1F)NC(C)=O. The van der Waals surface area contributed by atoms with E-state index in [0.717, 1.165) is 11.8 Å². The second kappa shape index (κ2) is 6.98. The van der Waals surface area contributed by atoms with E-state index in [1.165, 1.54) is 26.2 Å². The molecule has 0 saturated carbocycles. The number of esters is 1. The molecule has 19 heavy (non-hydrogen) atoms. The number of methoxy groups -OCH3 is 1. The van der Waals surface area contributed by atoms with Gasteiger partial charge in [-0.05, 0) is 18.2 Å². The average Bonchev–Trinajstić information content (AvgIpc) is 2.34. The Balaban J connectivity index is 2.70. The molecule has 0 bridgehead atoms. The number of nitrogen functional groups attached to an aromatic ring is 1. The van der Waals surface area contributed by atoms with Gasteiger partial charge >= 0.3 is 5.97 Å². The lowest BCUT2D eigenvalue weighted by Crippen LogP contribution is -2.42. The second-order valence-corrected chi connectivity index (χ2v) is 4.84. The molecule has 1 rings (SSSR count). The van der Waals surface area contributed by atoms with Gasteiger partial charge in [0.15, 0.2) is 0 Å². The van der Waals surface area contributed by atoms with E-state index in [0.29, 0.717) is 10.6 Å². The van der Waals surface area contributed by atoms with Crippen LogP contribution in [-0.4, -0.2) is 30.8 Å². The summed E-state index contributed by atoms with van der Waals surface area (Å²) in [5, 5.41) is 2.45. The quantitative estimate of drug-likeness (QED) is 0.482. The van der Waals surface area contributed by atoms with Crippen molar-refractivity contribution in [3.8, 4) is 0 Å².